The number of hydrogen-bond acceptors (Lipinski definition) is 6. The van der Waals surface area contributed by atoms with Crippen molar-refractivity contribution in [3.05, 3.63) is 59.7 Å². The van der Waals surface area contributed by atoms with Gasteiger partial charge in [-0.05, 0) is 38.5 Å². The molecule has 1 amide bonds. The smallest absolute Gasteiger partial charge is 0.413 e. The minimum atomic E-state index is -1.30. The van der Waals surface area contributed by atoms with Crippen molar-refractivity contribution in [1.29, 1.82) is 0 Å². The van der Waals surface area contributed by atoms with Gasteiger partial charge in [0.2, 0.25) is 0 Å². The minimum absolute atomic E-state index is 0. The van der Waals surface area contributed by atoms with Crippen molar-refractivity contribution in [2.75, 3.05) is 14.2 Å². The van der Waals surface area contributed by atoms with Crippen LogP contribution in [0.15, 0.2) is 48.5 Å². The van der Waals surface area contributed by atoms with Gasteiger partial charge in [-0.3, -0.25) is 4.90 Å². The van der Waals surface area contributed by atoms with E-state index in [0.717, 1.165) is 0 Å². The van der Waals surface area contributed by atoms with Crippen molar-refractivity contribution in [2.45, 2.75) is 44.7 Å². The van der Waals surface area contributed by atoms with Crippen LogP contribution in [0.2, 0.25) is 0 Å². The first-order chi connectivity index (χ1) is 14.7. The van der Waals surface area contributed by atoms with E-state index in [4.69, 9.17) is 18.9 Å². The van der Waals surface area contributed by atoms with E-state index >= 15 is 0 Å². The zero-order chi connectivity index (χ0) is 22.8. The molecule has 2 aromatic carbocycles. The number of methoxy groups -OCH3 is 2. The predicted octanol–water partition coefficient (Wildman–Crippen LogP) is 3.78. The van der Waals surface area contributed by atoms with Crippen molar-refractivity contribution < 1.29 is 33.6 Å². The van der Waals surface area contributed by atoms with Gasteiger partial charge in [-0.25, -0.2) is 9.59 Å². The van der Waals surface area contributed by atoms with Gasteiger partial charge >= 0.3 is 12.1 Å². The number of carbonyl (C=O) groups excluding carboxylic acids is 1. The number of nitrogens with zero attached hydrogens (tertiary/aromatic N) is 1. The molecule has 1 heterocycles. The number of ether oxygens (including phenoxy) is 4. The standard InChI is InChI=1S/C23H27NO7.K/c1-23(2,3)31-22(27)24-18(14-9-7-6-8-10-14)19(21(25)26)30-20(24)16-12-11-15(28-4)13-17(16)29-5;/h6-13,18-20H,1-5H3,(H,25,26);/t18-,19+,20?;/m0./s1. The number of hydrogen-bond donors (Lipinski definition) is 1. The molecule has 0 aromatic heterocycles. The van der Waals surface area contributed by atoms with Gasteiger partial charge in [-0.15, -0.1) is 0 Å². The first-order valence-corrected chi connectivity index (χ1v) is 9.82. The van der Waals surface area contributed by atoms with E-state index in [2.05, 4.69) is 0 Å². The van der Waals surface area contributed by atoms with Gasteiger partial charge < -0.3 is 24.1 Å². The minimum Gasteiger partial charge on any atom is -0.497 e. The molecule has 0 spiro atoms. The van der Waals surface area contributed by atoms with Crippen molar-refractivity contribution in [2.24, 2.45) is 0 Å². The number of carboxylic acid groups (broad SMARTS) is 1. The Morgan fingerprint density at radius 1 is 1.03 bits per heavy atom. The second-order valence-electron chi connectivity index (χ2n) is 8.10. The molecular formula is C23H27KNO7. The van der Waals surface area contributed by atoms with Crippen LogP contribution in [0.1, 0.15) is 44.2 Å². The molecule has 0 bridgehead atoms. The molecule has 2 aromatic rings. The third kappa shape index (κ3) is 5.83. The molecule has 1 radical (unpaired) electrons. The molecule has 32 heavy (non-hydrogen) atoms. The quantitative estimate of drug-likeness (QED) is 0.667. The molecule has 8 nitrogen and oxygen atoms in total. The molecule has 3 rings (SSSR count). The van der Waals surface area contributed by atoms with Gasteiger partial charge in [0.05, 0.1) is 14.2 Å². The number of aliphatic carboxylic acids is 1. The summed E-state index contributed by atoms with van der Waals surface area (Å²) < 4.78 is 22.3. The van der Waals surface area contributed by atoms with Crippen LogP contribution in [0.25, 0.3) is 0 Å². The molecule has 1 saturated heterocycles. The van der Waals surface area contributed by atoms with Crippen LogP contribution in [-0.2, 0) is 14.3 Å². The summed E-state index contributed by atoms with van der Waals surface area (Å²) in [7, 11) is 3.01. The van der Waals surface area contributed by atoms with Gasteiger partial charge in [0, 0.05) is 63.0 Å². The number of carbonyl (C=O) groups is 2. The Kier molecular flexibility index (Phi) is 9.15. The number of benzene rings is 2. The Bertz CT molecular complexity index is 945. The van der Waals surface area contributed by atoms with Crippen LogP contribution in [0.4, 0.5) is 4.79 Å². The maximum atomic E-state index is 13.3. The Morgan fingerprint density at radius 2 is 1.69 bits per heavy atom. The first-order valence-electron chi connectivity index (χ1n) is 9.82. The van der Waals surface area contributed by atoms with Gasteiger partial charge in [0.25, 0.3) is 0 Å². The second kappa shape index (κ2) is 11.0. The molecule has 167 valence electrons. The molecule has 0 aliphatic carbocycles. The Balaban J connectivity index is 0.00000363. The van der Waals surface area contributed by atoms with Gasteiger partial charge in [0.15, 0.2) is 12.3 Å². The summed E-state index contributed by atoms with van der Waals surface area (Å²) in [5.74, 6) is -0.232. The molecule has 1 fully saturated rings. The Labute approximate surface area is 230 Å². The largest absolute Gasteiger partial charge is 0.497 e. The monoisotopic (exact) mass is 468 g/mol. The summed E-state index contributed by atoms with van der Waals surface area (Å²) in [6.07, 6.45) is -3.03. The zero-order valence-electron chi connectivity index (χ0n) is 19.2. The van der Waals surface area contributed by atoms with Crippen LogP contribution in [-0.4, -0.2) is 99.4 Å². The Hall–Kier alpha value is -1.62. The Morgan fingerprint density at radius 3 is 2.22 bits per heavy atom. The topological polar surface area (TPSA) is 94.5 Å². The molecule has 3 atom stereocenters. The van der Waals surface area contributed by atoms with Crippen molar-refractivity contribution in [3.8, 4) is 11.5 Å². The number of carboxylic acids is 1. The van der Waals surface area contributed by atoms with E-state index in [1.807, 2.05) is 6.07 Å². The summed E-state index contributed by atoms with van der Waals surface area (Å²) in [5, 5.41) is 9.90. The maximum Gasteiger partial charge on any atom is 0.413 e. The fourth-order valence-electron chi connectivity index (χ4n) is 3.52. The fourth-order valence-corrected chi connectivity index (χ4v) is 3.52. The van der Waals surface area contributed by atoms with Crippen molar-refractivity contribution >= 4 is 63.4 Å². The summed E-state index contributed by atoms with van der Waals surface area (Å²) in [5.41, 5.74) is 0.323. The summed E-state index contributed by atoms with van der Waals surface area (Å²) in [6.45, 7) is 5.24. The number of rotatable bonds is 5. The molecule has 0 saturated carbocycles. The van der Waals surface area contributed by atoms with E-state index in [-0.39, 0.29) is 51.4 Å². The van der Waals surface area contributed by atoms with E-state index in [9.17, 15) is 14.7 Å². The molecule has 1 unspecified atom stereocenters. The van der Waals surface area contributed by atoms with Crippen LogP contribution in [0, 0.1) is 0 Å². The van der Waals surface area contributed by atoms with Crippen LogP contribution < -0.4 is 9.47 Å². The average molecular weight is 469 g/mol. The van der Waals surface area contributed by atoms with Crippen molar-refractivity contribution in [3.63, 3.8) is 0 Å². The van der Waals surface area contributed by atoms with E-state index in [1.165, 1.54) is 19.1 Å². The third-order valence-electron chi connectivity index (χ3n) is 4.81. The van der Waals surface area contributed by atoms with Gasteiger partial charge in [-0.2, -0.15) is 0 Å². The SMILES string of the molecule is COc1ccc(C2O[C@@H](C(=O)O)[C@H](c3ccccc3)N2C(=O)OC(C)(C)C)c(OC)c1.[K]. The summed E-state index contributed by atoms with van der Waals surface area (Å²) >= 11 is 0. The van der Waals surface area contributed by atoms with E-state index < -0.39 is 36.0 Å². The zero-order valence-corrected chi connectivity index (χ0v) is 22.3. The molecular weight excluding hydrogens is 441 g/mol. The predicted molar refractivity (Wildman–Crippen MR) is 118 cm³/mol. The molecule has 1 aliphatic heterocycles. The molecule has 9 heteroatoms. The maximum absolute atomic E-state index is 13.3. The average Bonchev–Trinajstić information content (AvgIpc) is 3.13. The van der Waals surface area contributed by atoms with E-state index in [1.54, 1.807) is 63.2 Å². The van der Waals surface area contributed by atoms with Crippen LogP contribution >= 0.6 is 0 Å². The van der Waals surface area contributed by atoms with Crippen LogP contribution in [0.3, 0.4) is 0 Å². The number of amides is 1. The first kappa shape index (κ1) is 26.6. The van der Waals surface area contributed by atoms with Gasteiger partial charge in [-0.1, -0.05) is 30.3 Å². The normalized spacial score (nSPS) is 20.3. The van der Waals surface area contributed by atoms with Crippen molar-refractivity contribution in [1.82, 2.24) is 4.90 Å². The summed E-state index contributed by atoms with van der Waals surface area (Å²) in [4.78, 5) is 26.7. The molecule has 1 N–H and O–H groups in total. The van der Waals surface area contributed by atoms with E-state index in [0.29, 0.717) is 22.6 Å². The van der Waals surface area contributed by atoms with Crippen LogP contribution in [0.5, 0.6) is 11.5 Å². The third-order valence-corrected chi connectivity index (χ3v) is 4.81. The fraction of sp³-hybridized carbons (Fsp3) is 0.391. The molecule has 1 aliphatic rings. The summed E-state index contributed by atoms with van der Waals surface area (Å²) in [6, 6.07) is 13.0. The second-order valence-corrected chi connectivity index (χ2v) is 8.10. The van der Waals surface area contributed by atoms with Gasteiger partial charge in [0.1, 0.15) is 23.1 Å².